The topological polar surface area (TPSA) is 110 Å². The molecule has 178 valence electrons. The van der Waals surface area contributed by atoms with Crippen molar-refractivity contribution in [2.75, 3.05) is 5.32 Å². The van der Waals surface area contributed by atoms with Crippen LogP contribution in [0.5, 0.6) is 0 Å². The van der Waals surface area contributed by atoms with Gasteiger partial charge in [0.25, 0.3) is 11.7 Å². The Morgan fingerprint density at radius 3 is 2.62 bits per heavy atom. The van der Waals surface area contributed by atoms with E-state index in [4.69, 9.17) is 16.1 Å². The van der Waals surface area contributed by atoms with E-state index in [0.717, 1.165) is 12.8 Å². The first-order chi connectivity index (χ1) is 16.0. The van der Waals surface area contributed by atoms with Crippen molar-refractivity contribution in [3.63, 3.8) is 0 Å². The van der Waals surface area contributed by atoms with Crippen molar-refractivity contribution >= 4 is 29.2 Å². The first-order valence-corrected chi connectivity index (χ1v) is 11.3. The Morgan fingerprint density at radius 1 is 1.24 bits per heavy atom. The summed E-state index contributed by atoms with van der Waals surface area (Å²) in [6.45, 7) is 7.35. The molecule has 0 spiro atoms. The number of rotatable bonds is 6. The number of nitrogens with zero attached hydrogens (tertiary/aromatic N) is 3. The number of carbonyl (C=O) groups excluding carboxylic acids is 2. The van der Waals surface area contributed by atoms with Gasteiger partial charge in [-0.25, -0.2) is 9.37 Å². The Kier molecular flexibility index (Phi) is 6.40. The van der Waals surface area contributed by atoms with Crippen LogP contribution in [0.4, 0.5) is 10.2 Å². The first kappa shape index (κ1) is 23.8. The lowest BCUT2D eigenvalue weighted by Gasteiger charge is -2.16. The number of benzene rings is 1. The Balaban J connectivity index is 1.51. The molecule has 34 heavy (non-hydrogen) atoms. The van der Waals surface area contributed by atoms with E-state index in [1.54, 1.807) is 19.1 Å². The van der Waals surface area contributed by atoms with E-state index in [1.165, 1.54) is 18.3 Å². The highest BCUT2D eigenvalue weighted by atomic mass is 35.5. The molecule has 1 atom stereocenters. The lowest BCUT2D eigenvalue weighted by Crippen LogP contribution is -2.28. The van der Waals surface area contributed by atoms with Gasteiger partial charge < -0.3 is 15.2 Å². The van der Waals surface area contributed by atoms with Crippen LogP contribution in [0.15, 0.2) is 35.0 Å². The fourth-order valence-corrected chi connectivity index (χ4v) is 3.64. The molecule has 2 amide bonds. The third kappa shape index (κ3) is 5.25. The lowest BCUT2D eigenvalue weighted by molar-refractivity contribution is -0.117. The van der Waals surface area contributed by atoms with Crippen molar-refractivity contribution in [1.29, 1.82) is 0 Å². The molecule has 1 aromatic carbocycles. The smallest absolute Gasteiger partial charge is 0.293 e. The molecule has 3 aromatic rings. The van der Waals surface area contributed by atoms with Gasteiger partial charge in [-0.3, -0.25) is 9.59 Å². The number of pyridine rings is 1. The number of carbonyl (C=O) groups is 2. The van der Waals surface area contributed by atoms with E-state index in [2.05, 4.69) is 25.8 Å². The zero-order valence-electron chi connectivity index (χ0n) is 19.3. The highest BCUT2D eigenvalue weighted by Gasteiger charge is 2.30. The van der Waals surface area contributed by atoms with Gasteiger partial charge >= 0.3 is 0 Å². The number of nitrogens with one attached hydrogen (secondary N) is 2. The molecule has 0 saturated heterocycles. The van der Waals surface area contributed by atoms with Crippen LogP contribution in [0.3, 0.4) is 0 Å². The molecule has 1 saturated carbocycles. The molecule has 4 rings (SSSR count). The first-order valence-electron chi connectivity index (χ1n) is 10.9. The maximum atomic E-state index is 15.1. The van der Waals surface area contributed by atoms with Gasteiger partial charge in [-0.05, 0) is 55.2 Å². The number of hydrogen-bond donors (Lipinski definition) is 2. The lowest BCUT2D eigenvalue weighted by atomic mass is 9.97. The van der Waals surface area contributed by atoms with Gasteiger partial charge in [0, 0.05) is 28.1 Å². The van der Waals surface area contributed by atoms with Gasteiger partial charge in [-0.1, -0.05) is 37.5 Å². The SMILES string of the molecule is CC(NC(=O)c1noc(C(C)(C)C)n1)c1cc(F)c(-c2ccnc(NC(=O)C3CC3)c2)cc1Cl. The molecule has 8 nitrogen and oxygen atoms in total. The van der Waals surface area contributed by atoms with Gasteiger partial charge in [0.15, 0.2) is 0 Å². The summed E-state index contributed by atoms with van der Waals surface area (Å²) in [6.07, 6.45) is 3.24. The van der Waals surface area contributed by atoms with Crippen molar-refractivity contribution in [3.8, 4) is 11.1 Å². The minimum atomic E-state index is -0.619. The van der Waals surface area contributed by atoms with Crippen LogP contribution in [-0.2, 0) is 10.2 Å². The highest BCUT2D eigenvalue weighted by molar-refractivity contribution is 6.31. The van der Waals surface area contributed by atoms with Crippen LogP contribution in [-0.4, -0.2) is 26.9 Å². The Morgan fingerprint density at radius 2 is 1.97 bits per heavy atom. The van der Waals surface area contributed by atoms with Gasteiger partial charge in [0.05, 0.1) is 6.04 Å². The molecule has 2 aromatic heterocycles. The minimum absolute atomic E-state index is 0.0279. The fraction of sp³-hybridized carbons (Fsp3) is 0.375. The summed E-state index contributed by atoms with van der Waals surface area (Å²) in [5, 5.41) is 9.47. The molecular formula is C24H25ClFN5O3. The highest BCUT2D eigenvalue weighted by Crippen LogP contribution is 2.33. The van der Waals surface area contributed by atoms with Crippen molar-refractivity contribution in [3.05, 3.63) is 58.6 Å². The van der Waals surface area contributed by atoms with Crippen LogP contribution in [0.2, 0.25) is 5.02 Å². The zero-order valence-corrected chi connectivity index (χ0v) is 20.0. The summed E-state index contributed by atoms with van der Waals surface area (Å²) < 4.78 is 20.2. The Bertz CT molecular complexity index is 1250. The average Bonchev–Trinajstić information content (AvgIpc) is 3.50. The maximum Gasteiger partial charge on any atom is 0.293 e. The van der Waals surface area contributed by atoms with E-state index in [0.29, 0.717) is 22.8 Å². The van der Waals surface area contributed by atoms with E-state index in [-0.39, 0.29) is 28.2 Å². The van der Waals surface area contributed by atoms with E-state index < -0.39 is 23.2 Å². The van der Waals surface area contributed by atoms with Crippen molar-refractivity contribution in [1.82, 2.24) is 20.4 Å². The second-order valence-corrected chi connectivity index (χ2v) is 9.82. The summed E-state index contributed by atoms with van der Waals surface area (Å²) in [6, 6.07) is 5.38. The second kappa shape index (κ2) is 9.13. The summed E-state index contributed by atoms with van der Waals surface area (Å²) in [4.78, 5) is 32.8. The minimum Gasteiger partial charge on any atom is -0.343 e. The maximum absolute atomic E-state index is 15.1. The number of halogens is 2. The van der Waals surface area contributed by atoms with Crippen LogP contribution in [0.1, 0.15) is 68.7 Å². The number of amides is 2. The molecule has 2 heterocycles. The van der Waals surface area contributed by atoms with Gasteiger partial charge in [-0.2, -0.15) is 4.98 Å². The number of anilines is 1. The second-order valence-electron chi connectivity index (χ2n) is 9.42. The quantitative estimate of drug-likeness (QED) is 0.505. The Labute approximate surface area is 201 Å². The third-order valence-electron chi connectivity index (χ3n) is 5.44. The predicted molar refractivity (Wildman–Crippen MR) is 125 cm³/mol. The zero-order chi connectivity index (χ0) is 24.6. The van der Waals surface area contributed by atoms with Crippen LogP contribution in [0.25, 0.3) is 11.1 Å². The number of hydrogen-bond acceptors (Lipinski definition) is 6. The average molecular weight is 486 g/mol. The number of aromatic nitrogens is 3. The van der Waals surface area contributed by atoms with Crippen LogP contribution in [0, 0.1) is 11.7 Å². The third-order valence-corrected chi connectivity index (χ3v) is 5.77. The Hall–Kier alpha value is -3.33. The molecule has 0 radical (unpaired) electrons. The predicted octanol–water partition coefficient (Wildman–Crippen LogP) is 5.06. The van der Waals surface area contributed by atoms with Gasteiger partial charge in [0.1, 0.15) is 11.6 Å². The molecular weight excluding hydrogens is 461 g/mol. The van der Waals surface area contributed by atoms with Crippen LogP contribution >= 0.6 is 11.6 Å². The van der Waals surface area contributed by atoms with E-state index in [1.807, 2.05) is 20.8 Å². The molecule has 10 heteroatoms. The normalized spacial score (nSPS) is 14.5. The van der Waals surface area contributed by atoms with E-state index in [9.17, 15) is 9.59 Å². The molecule has 1 aliphatic rings. The molecule has 2 N–H and O–H groups in total. The van der Waals surface area contributed by atoms with Crippen molar-refractivity contribution in [2.24, 2.45) is 5.92 Å². The van der Waals surface area contributed by atoms with Gasteiger partial charge in [-0.15, -0.1) is 0 Å². The summed E-state index contributed by atoms with van der Waals surface area (Å²) in [5.41, 5.74) is 0.773. The molecule has 0 bridgehead atoms. The summed E-state index contributed by atoms with van der Waals surface area (Å²) in [7, 11) is 0. The van der Waals surface area contributed by atoms with Crippen molar-refractivity contribution in [2.45, 2.75) is 52.0 Å². The molecule has 1 fully saturated rings. The molecule has 0 aliphatic heterocycles. The monoisotopic (exact) mass is 485 g/mol. The summed E-state index contributed by atoms with van der Waals surface area (Å²) in [5.74, 6) is -0.562. The standard InChI is InChI=1S/C24H25ClFN5O3/c1-12(28-22(33)20-30-23(34-31-20)24(2,3)4)15-11-18(26)16(10-17(15)25)14-7-8-27-19(9-14)29-21(32)13-5-6-13/h7-13H,5-6H2,1-4H3,(H,28,33)(H,27,29,32). The molecule has 1 unspecified atom stereocenters. The largest absolute Gasteiger partial charge is 0.343 e. The van der Waals surface area contributed by atoms with Gasteiger partial charge in [0.2, 0.25) is 11.8 Å². The summed E-state index contributed by atoms with van der Waals surface area (Å²) >= 11 is 6.46. The van der Waals surface area contributed by atoms with E-state index >= 15 is 4.39 Å². The fourth-order valence-electron chi connectivity index (χ4n) is 3.31. The van der Waals surface area contributed by atoms with Crippen LogP contribution < -0.4 is 10.6 Å². The van der Waals surface area contributed by atoms with Crippen molar-refractivity contribution < 1.29 is 18.5 Å². The molecule has 1 aliphatic carbocycles.